The van der Waals surface area contributed by atoms with Gasteiger partial charge in [0, 0.05) is 5.56 Å². The van der Waals surface area contributed by atoms with Crippen LogP contribution in [0.25, 0.3) is 0 Å². The Hall–Kier alpha value is -1.75. The Labute approximate surface area is 89.9 Å². The van der Waals surface area contributed by atoms with Crippen molar-refractivity contribution in [2.75, 3.05) is 0 Å². The van der Waals surface area contributed by atoms with Gasteiger partial charge in [0.25, 0.3) is 0 Å². The molecule has 1 unspecified atom stereocenters. The number of carbonyl (C=O) groups is 1. The number of hydrogen-bond donors (Lipinski definition) is 1. The first-order chi connectivity index (χ1) is 7.06. The van der Waals surface area contributed by atoms with Gasteiger partial charge in [-0.1, -0.05) is 31.9 Å². The van der Waals surface area contributed by atoms with Crippen molar-refractivity contribution < 1.29 is 9.90 Å². The van der Waals surface area contributed by atoms with E-state index < -0.39 is 11.9 Å². The van der Waals surface area contributed by atoms with Crippen LogP contribution in [0.1, 0.15) is 30.9 Å². The van der Waals surface area contributed by atoms with Gasteiger partial charge in [-0.05, 0) is 23.6 Å². The van der Waals surface area contributed by atoms with Crippen LogP contribution in [0.5, 0.6) is 0 Å². The largest absolute Gasteiger partial charge is 0.481 e. The summed E-state index contributed by atoms with van der Waals surface area (Å²) in [4.78, 5) is 11.1. The zero-order valence-corrected chi connectivity index (χ0v) is 8.90. The molecule has 2 heteroatoms. The lowest BCUT2D eigenvalue weighted by Gasteiger charge is -2.16. The van der Waals surface area contributed by atoms with Crippen molar-refractivity contribution in [3.8, 4) is 12.3 Å². The molecule has 0 saturated carbocycles. The molecule has 1 aromatic rings. The van der Waals surface area contributed by atoms with Gasteiger partial charge in [-0.3, -0.25) is 4.79 Å². The summed E-state index contributed by atoms with van der Waals surface area (Å²) in [6.07, 6.45) is 5.27. The lowest BCUT2D eigenvalue weighted by atomic mass is 9.88. The highest BCUT2D eigenvalue weighted by Crippen LogP contribution is 2.25. The Kier molecular flexibility index (Phi) is 3.51. The summed E-state index contributed by atoms with van der Waals surface area (Å²) in [5, 5.41) is 9.11. The molecule has 0 saturated heterocycles. The predicted molar refractivity (Wildman–Crippen MR) is 59.6 cm³/mol. The highest BCUT2D eigenvalue weighted by atomic mass is 16.4. The van der Waals surface area contributed by atoms with Gasteiger partial charge >= 0.3 is 5.97 Å². The topological polar surface area (TPSA) is 37.3 Å². The van der Waals surface area contributed by atoms with Gasteiger partial charge in [-0.15, -0.1) is 6.42 Å². The van der Waals surface area contributed by atoms with Crippen LogP contribution in [0, 0.1) is 18.3 Å². The molecule has 0 heterocycles. The molecule has 0 aliphatic carbocycles. The Morgan fingerprint density at radius 2 is 2.13 bits per heavy atom. The molecule has 78 valence electrons. The zero-order chi connectivity index (χ0) is 11.4. The van der Waals surface area contributed by atoms with Crippen LogP contribution in [0.2, 0.25) is 0 Å². The van der Waals surface area contributed by atoms with Crippen LogP contribution in [0.15, 0.2) is 24.3 Å². The van der Waals surface area contributed by atoms with Crippen molar-refractivity contribution in [2.24, 2.45) is 5.92 Å². The fourth-order valence-corrected chi connectivity index (χ4v) is 1.63. The summed E-state index contributed by atoms with van der Waals surface area (Å²) in [5.74, 6) is 1.26. The third-order valence-corrected chi connectivity index (χ3v) is 2.35. The highest BCUT2D eigenvalue weighted by Gasteiger charge is 2.23. The van der Waals surface area contributed by atoms with E-state index in [4.69, 9.17) is 11.5 Å². The van der Waals surface area contributed by atoms with Gasteiger partial charge in [-0.2, -0.15) is 0 Å². The zero-order valence-electron chi connectivity index (χ0n) is 8.90. The molecule has 1 N–H and O–H groups in total. The molecule has 1 rings (SSSR count). The minimum Gasteiger partial charge on any atom is -0.481 e. The molecule has 15 heavy (non-hydrogen) atoms. The molecular formula is C13H14O2. The van der Waals surface area contributed by atoms with Gasteiger partial charge < -0.3 is 5.11 Å². The molecule has 0 spiro atoms. The Morgan fingerprint density at radius 3 is 2.60 bits per heavy atom. The predicted octanol–water partition coefficient (Wildman–Crippen LogP) is 2.49. The molecule has 0 bridgehead atoms. The van der Waals surface area contributed by atoms with Gasteiger partial charge in [0.05, 0.1) is 5.92 Å². The second kappa shape index (κ2) is 4.65. The van der Waals surface area contributed by atoms with Crippen molar-refractivity contribution >= 4 is 5.97 Å². The number of carboxylic acid groups (broad SMARTS) is 1. The quantitative estimate of drug-likeness (QED) is 0.764. The molecule has 0 aliphatic rings. The van der Waals surface area contributed by atoms with Crippen LogP contribution in [0.3, 0.4) is 0 Å². The molecule has 0 radical (unpaired) electrons. The number of terminal acetylenes is 1. The molecule has 0 fully saturated rings. The molecule has 0 amide bonds. The summed E-state index contributed by atoms with van der Waals surface area (Å²) in [7, 11) is 0. The highest BCUT2D eigenvalue weighted by molar-refractivity contribution is 5.76. The first kappa shape index (κ1) is 11.3. The van der Waals surface area contributed by atoms with Crippen LogP contribution in [-0.4, -0.2) is 11.1 Å². The number of benzene rings is 1. The van der Waals surface area contributed by atoms with Gasteiger partial charge in [-0.25, -0.2) is 0 Å². The molecule has 2 nitrogen and oxygen atoms in total. The Morgan fingerprint density at radius 1 is 1.47 bits per heavy atom. The first-order valence-electron chi connectivity index (χ1n) is 4.85. The van der Waals surface area contributed by atoms with Crippen molar-refractivity contribution in [3.05, 3.63) is 35.4 Å². The van der Waals surface area contributed by atoms with Crippen molar-refractivity contribution in [2.45, 2.75) is 19.8 Å². The SMILES string of the molecule is C#Cc1cccc(C(C(=O)O)C(C)C)c1. The lowest BCUT2D eigenvalue weighted by Crippen LogP contribution is -2.17. The first-order valence-corrected chi connectivity index (χ1v) is 4.85. The number of rotatable bonds is 3. The van der Waals surface area contributed by atoms with Crippen molar-refractivity contribution in [1.29, 1.82) is 0 Å². The standard InChI is InChI=1S/C13H14O2/c1-4-10-6-5-7-11(8-10)12(9(2)3)13(14)15/h1,5-9,12H,2-3H3,(H,14,15). The van der Waals surface area contributed by atoms with E-state index in [9.17, 15) is 4.79 Å². The van der Waals surface area contributed by atoms with E-state index in [0.717, 1.165) is 11.1 Å². The minimum absolute atomic E-state index is 0.0514. The second-order valence-electron chi connectivity index (χ2n) is 3.83. The smallest absolute Gasteiger partial charge is 0.311 e. The maximum Gasteiger partial charge on any atom is 0.311 e. The van der Waals surface area contributed by atoms with Crippen LogP contribution in [-0.2, 0) is 4.79 Å². The maximum absolute atomic E-state index is 11.1. The molecule has 0 aromatic heterocycles. The van der Waals surface area contributed by atoms with E-state index in [2.05, 4.69) is 5.92 Å². The average Bonchev–Trinajstić information content (AvgIpc) is 2.17. The van der Waals surface area contributed by atoms with Crippen molar-refractivity contribution in [1.82, 2.24) is 0 Å². The van der Waals surface area contributed by atoms with Gasteiger partial charge in [0.15, 0.2) is 0 Å². The monoisotopic (exact) mass is 202 g/mol. The summed E-state index contributed by atoms with van der Waals surface area (Å²) in [5.41, 5.74) is 1.49. The third-order valence-electron chi connectivity index (χ3n) is 2.35. The normalized spacial score (nSPS) is 12.1. The van der Waals surface area contributed by atoms with Crippen LogP contribution in [0.4, 0.5) is 0 Å². The van der Waals surface area contributed by atoms with E-state index in [1.807, 2.05) is 13.8 Å². The van der Waals surface area contributed by atoms with Crippen LogP contribution < -0.4 is 0 Å². The minimum atomic E-state index is -0.806. The summed E-state index contributed by atoms with van der Waals surface area (Å²) in [6.45, 7) is 3.78. The molecule has 1 atom stereocenters. The second-order valence-corrected chi connectivity index (χ2v) is 3.83. The van der Waals surface area contributed by atoms with Crippen molar-refractivity contribution in [3.63, 3.8) is 0 Å². The molecule has 1 aromatic carbocycles. The maximum atomic E-state index is 11.1. The Balaban J connectivity index is 3.12. The van der Waals surface area contributed by atoms with Gasteiger partial charge in [0.1, 0.15) is 0 Å². The fourth-order valence-electron chi connectivity index (χ4n) is 1.63. The molecule has 0 aliphatic heterocycles. The summed E-state index contributed by atoms with van der Waals surface area (Å²) in [6, 6.07) is 7.16. The summed E-state index contributed by atoms with van der Waals surface area (Å²) < 4.78 is 0. The fraction of sp³-hybridized carbons (Fsp3) is 0.308. The van der Waals surface area contributed by atoms with E-state index in [0.29, 0.717) is 0 Å². The molecular weight excluding hydrogens is 188 g/mol. The van der Waals surface area contributed by atoms with E-state index in [1.165, 1.54) is 0 Å². The number of hydrogen-bond acceptors (Lipinski definition) is 1. The lowest BCUT2D eigenvalue weighted by molar-refractivity contribution is -0.139. The number of carboxylic acids is 1. The van der Waals surface area contributed by atoms with E-state index in [1.54, 1.807) is 24.3 Å². The summed E-state index contributed by atoms with van der Waals surface area (Å²) >= 11 is 0. The average molecular weight is 202 g/mol. The van der Waals surface area contributed by atoms with Gasteiger partial charge in [0.2, 0.25) is 0 Å². The number of aliphatic carboxylic acids is 1. The van der Waals surface area contributed by atoms with E-state index in [-0.39, 0.29) is 5.92 Å². The third kappa shape index (κ3) is 2.60. The van der Waals surface area contributed by atoms with E-state index >= 15 is 0 Å². The Bertz CT molecular complexity index is 399. The van der Waals surface area contributed by atoms with Crippen LogP contribution >= 0.6 is 0 Å².